The number of carbonyl (C=O) groups excluding carboxylic acids is 2. The molecule has 1 aliphatic carbocycles. The molecule has 34 heavy (non-hydrogen) atoms. The van der Waals surface area contributed by atoms with Crippen LogP contribution in [-0.4, -0.2) is 26.7 Å². The van der Waals surface area contributed by atoms with Crippen LogP contribution in [0.15, 0.2) is 54.9 Å². The van der Waals surface area contributed by atoms with Crippen LogP contribution in [0.5, 0.6) is 0 Å². The molecule has 0 amide bonds. The molecule has 3 aromatic rings. The maximum absolute atomic E-state index is 13.3. The van der Waals surface area contributed by atoms with Crippen LogP contribution >= 0.6 is 23.2 Å². The number of aryl methyl sites for hydroxylation is 2. The molecule has 2 aromatic heterocycles. The Morgan fingerprint density at radius 3 is 2.50 bits per heavy atom. The minimum atomic E-state index is -0.756. The summed E-state index contributed by atoms with van der Waals surface area (Å²) in [6.07, 6.45) is 2.27. The minimum absolute atomic E-state index is 0.0548. The number of Topliss-reactive ketones (excluding diaryl/α,β-unsaturated/α-hetero) is 2. The Balaban J connectivity index is 1.48. The number of ketones is 2. The van der Waals surface area contributed by atoms with E-state index in [1.54, 1.807) is 30.5 Å². The van der Waals surface area contributed by atoms with Gasteiger partial charge in [0.15, 0.2) is 10.9 Å². The summed E-state index contributed by atoms with van der Waals surface area (Å²) in [6, 6.07) is 10.9. The molecule has 0 aliphatic heterocycles. The van der Waals surface area contributed by atoms with Gasteiger partial charge in [-0.15, -0.1) is 10.2 Å². The Kier molecular flexibility index (Phi) is 7.10. The summed E-state index contributed by atoms with van der Waals surface area (Å²) in [6.45, 7) is 8.28. The van der Waals surface area contributed by atoms with Gasteiger partial charge in [-0.25, -0.2) is 0 Å². The topological polar surface area (TPSA) is 84.8 Å². The third-order valence-electron chi connectivity index (χ3n) is 6.10. The number of allylic oxidation sites excluding steroid dienone is 1. The van der Waals surface area contributed by atoms with Crippen LogP contribution in [0.4, 0.5) is 0 Å². The SMILES string of the molecule is C=C(CC1CC(=O)C(c2c(C)cc(-c3ccc(Cl)nn3)cc2C)C1=O)NCc1ncccc1Cl. The predicted octanol–water partition coefficient (Wildman–Crippen LogP) is 5.40. The van der Waals surface area contributed by atoms with E-state index in [0.29, 0.717) is 40.2 Å². The maximum atomic E-state index is 13.3. The van der Waals surface area contributed by atoms with Gasteiger partial charge in [0.1, 0.15) is 11.7 Å². The van der Waals surface area contributed by atoms with E-state index in [9.17, 15) is 9.59 Å². The fourth-order valence-corrected chi connectivity index (χ4v) is 4.80. The highest BCUT2D eigenvalue weighted by molar-refractivity contribution is 6.31. The zero-order valence-electron chi connectivity index (χ0n) is 18.9. The zero-order valence-corrected chi connectivity index (χ0v) is 20.5. The molecule has 2 unspecified atom stereocenters. The Hall–Kier alpha value is -3.09. The van der Waals surface area contributed by atoms with Crippen molar-refractivity contribution in [3.63, 3.8) is 0 Å². The quantitative estimate of drug-likeness (QED) is 0.442. The molecule has 4 rings (SSSR count). The van der Waals surface area contributed by atoms with E-state index in [1.165, 1.54) is 0 Å². The highest BCUT2D eigenvalue weighted by Gasteiger charge is 2.43. The molecule has 0 spiro atoms. The second kappa shape index (κ2) is 10.0. The third-order valence-corrected chi connectivity index (χ3v) is 6.65. The van der Waals surface area contributed by atoms with E-state index >= 15 is 0 Å². The molecule has 1 aliphatic rings. The van der Waals surface area contributed by atoms with E-state index in [-0.39, 0.29) is 18.0 Å². The summed E-state index contributed by atoms with van der Waals surface area (Å²) in [5.74, 6) is -1.28. The van der Waals surface area contributed by atoms with Crippen LogP contribution in [0.1, 0.15) is 41.1 Å². The molecule has 8 heteroatoms. The first-order valence-electron chi connectivity index (χ1n) is 10.9. The average Bonchev–Trinajstić information content (AvgIpc) is 3.06. The number of rotatable bonds is 7. The van der Waals surface area contributed by atoms with Gasteiger partial charge in [-0.3, -0.25) is 14.6 Å². The van der Waals surface area contributed by atoms with Crippen molar-refractivity contribution in [1.29, 1.82) is 0 Å². The summed E-state index contributed by atoms with van der Waals surface area (Å²) in [7, 11) is 0. The van der Waals surface area contributed by atoms with E-state index in [1.807, 2.05) is 26.0 Å². The zero-order chi connectivity index (χ0) is 24.4. The van der Waals surface area contributed by atoms with Gasteiger partial charge in [0.2, 0.25) is 0 Å². The Bertz CT molecular complexity index is 1250. The molecule has 0 bridgehead atoms. The molecule has 1 aromatic carbocycles. The molecule has 0 radical (unpaired) electrons. The molecule has 0 saturated heterocycles. The van der Waals surface area contributed by atoms with E-state index in [2.05, 4.69) is 27.1 Å². The molecule has 2 atom stereocenters. The van der Waals surface area contributed by atoms with Gasteiger partial charge < -0.3 is 5.32 Å². The van der Waals surface area contributed by atoms with Crippen molar-refractivity contribution in [2.24, 2.45) is 5.92 Å². The third kappa shape index (κ3) is 5.03. The molecule has 174 valence electrons. The summed E-state index contributed by atoms with van der Waals surface area (Å²) in [4.78, 5) is 30.5. The lowest BCUT2D eigenvalue weighted by molar-refractivity contribution is -0.124. The maximum Gasteiger partial charge on any atom is 0.151 e. The van der Waals surface area contributed by atoms with Crippen LogP contribution in [0.2, 0.25) is 10.2 Å². The lowest BCUT2D eigenvalue weighted by Crippen LogP contribution is -2.20. The number of hydrogen-bond acceptors (Lipinski definition) is 6. The normalized spacial score (nSPS) is 17.8. The van der Waals surface area contributed by atoms with Gasteiger partial charge in [0, 0.05) is 29.8 Å². The monoisotopic (exact) mass is 494 g/mol. The summed E-state index contributed by atoms with van der Waals surface area (Å²) >= 11 is 12.0. The first kappa shape index (κ1) is 24.0. The molecule has 1 N–H and O–H groups in total. The van der Waals surface area contributed by atoms with Crippen molar-refractivity contribution in [1.82, 2.24) is 20.5 Å². The number of nitrogens with one attached hydrogen (secondary N) is 1. The van der Waals surface area contributed by atoms with Crippen LogP contribution < -0.4 is 5.32 Å². The number of aromatic nitrogens is 3. The molecule has 1 saturated carbocycles. The van der Waals surface area contributed by atoms with Gasteiger partial charge in [-0.1, -0.05) is 29.8 Å². The lowest BCUT2D eigenvalue weighted by atomic mass is 9.85. The van der Waals surface area contributed by atoms with Gasteiger partial charge in [-0.05, 0) is 73.4 Å². The second-order valence-electron chi connectivity index (χ2n) is 8.56. The van der Waals surface area contributed by atoms with Gasteiger partial charge in [0.25, 0.3) is 0 Å². The molecule has 1 fully saturated rings. The van der Waals surface area contributed by atoms with Gasteiger partial charge >= 0.3 is 0 Å². The van der Waals surface area contributed by atoms with Crippen molar-refractivity contribution in [3.8, 4) is 11.3 Å². The Morgan fingerprint density at radius 2 is 1.85 bits per heavy atom. The molecule has 2 heterocycles. The van der Waals surface area contributed by atoms with E-state index < -0.39 is 11.8 Å². The number of pyridine rings is 1. The Labute approximate surface area is 208 Å². The smallest absolute Gasteiger partial charge is 0.151 e. The lowest BCUT2D eigenvalue weighted by Gasteiger charge is -2.17. The van der Waals surface area contributed by atoms with Crippen LogP contribution in [0.25, 0.3) is 11.3 Å². The Morgan fingerprint density at radius 1 is 1.12 bits per heavy atom. The first-order valence-corrected chi connectivity index (χ1v) is 11.7. The number of halogens is 2. The summed E-state index contributed by atoms with van der Waals surface area (Å²) in [5, 5.41) is 12.1. The van der Waals surface area contributed by atoms with Crippen molar-refractivity contribution >= 4 is 34.8 Å². The fraction of sp³-hybridized carbons (Fsp3) is 0.269. The highest BCUT2D eigenvalue weighted by Crippen LogP contribution is 2.39. The largest absolute Gasteiger partial charge is 0.383 e. The van der Waals surface area contributed by atoms with Crippen molar-refractivity contribution in [2.45, 2.75) is 39.2 Å². The summed E-state index contributed by atoms with van der Waals surface area (Å²) in [5.41, 5.74) is 5.46. The van der Waals surface area contributed by atoms with Crippen molar-refractivity contribution in [2.75, 3.05) is 0 Å². The van der Waals surface area contributed by atoms with E-state index in [4.69, 9.17) is 23.2 Å². The average molecular weight is 495 g/mol. The number of benzene rings is 1. The van der Waals surface area contributed by atoms with Crippen LogP contribution in [0, 0.1) is 19.8 Å². The highest BCUT2D eigenvalue weighted by atomic mass is 35.5. The van der Waals surface area contributed by atoms with Crippen molar-refractivity contribution < 1.29 is 9.59 Å². The van der Waals surface area contributed by atoms with Gasteiger partial charge in [-0.2, -0.15) is 0 Å². The minimum Gasteiger partial charge on any atom is -0.383 e. The number of nitrogens with zero attached hydrogens (tertiary/aromatic N) is 3. The predicted molar refractivity (Wildman–Crippen MR) is 133 cm³/mol. The fourth-order valence-electron chi connectivity index (χ4n) is 4.51. The van der Waals surface area contributed by atoms with Gasteiger partial charge in [0.05, 0.1) is 23.0 Å². The van der Waals surface area contributed by atoms with Crippen LogP contribution in [-0.2, 0) is 16.1 Å². The van der Waals surface area contributed by atoms with Crippen molar-refractivity contribution in [3.05, 3.63) is 87.4 Å². The molecule has 6 nitrogen and oxygen atoms in total. The molecular formula is C26H24Cl2N4O2. The summed E-state index contributed by atoms with van der Waals surface area (Å²) < 4.78 is 0. The second-order valence-corrected chi connectivity index (χ2v) is 9.36. The van der Waals surface area contributed by atoms with Crippen LogP contribution in [0.3, 0.4) is 0 Å². The number of hydrogen-bond donors (Lipinski definition) is 1. The first-order chi connectivity index (χ1) is 16.2. The molecular weight excluding hydrogens is 471 g/mol. The standard InChI is InChI=1S/C26H24Cl2N4O2/c1-14-9-17(20-6-7-23(28)32-31-20)10-15(2)24(14)25-22(33)12-18(26(25)34)11-16(3)30-13-21-19(27)5-4-8-29-21/h4-10,18,25,30H,3,11-13H2,1-2H3. The number of carbonyl (C=O) groups is 2. The van der Waals surface area contributed by atoms with E-state index in [0.717, 1.165) is 22.3 Å².